The molecule has 0 aliphatic heterocycles. The lowest BCUT2D eigenvalue weighted by Crippen LogP contribution is -2.28. The number of rotatable bonds is 3. The topological polar surface area (TPSA) is 78.0 Å². The molecule has 0 bridgehead atoms. The lowest BCUT2D eigenvalue weighted by molar-refractivity contribution is -0.118. The number of nitrogens with two attached hydrogens (primary N) is 1. The molecular weight excluding hydrogens is 206 g/mol. The Morgan fingerprint density at radius 1 is 1.44 bits per heavy atom. The zero-order valence-corrected chi connectivity index (χ0v) is 9.86. The van der Waals surface area contributed by atoms with Gasteiger partial charge >= 0.3 is 0 Å². The molecule has 0 saturated carbocycles. The van der Waals surface area contributed by atoms with Gasteiger partial charge in [-0.15, -0.1) is 0 Å². The summed E-state index contributed by atoms with van der Waals surface area (Å²) in [5.41, 5.74) is 5.51. The van der Waals surface area contributed by atoms with Crippen LogP contribution in [0.1, 0.15) is 32.9 Å². The fourth-order valence-electron chi connectivity index (χ4n) is 1.23. The Kier molecular flexibility index (Phi) is 3.47. The van der Waals surface area contributed by atoms with Gasteiger partial charge in [0.05, 0.1) is 12.2 Å². The molecule has 1 amide bonds. The highest BCUT2D eigenvalue weighted by atomic mass is 16.1. The average molecular weight is 223 g/mol. The van der Waals surface area contributed by atoms with Crippen molar-refractivity contribution in [2.75, 3.05) is 0 Å². The SMILES string of the molecule is CC(C)(C)c1ccc(=O)n(CCC(N)=O)n1. The zero-order valence-electron chi connectivity index (χ0n) is 9.86. The summed E-state index contributed by atoms with van der Waals surface area (Å²) >= 11 is 0. The van der Waals surface area contributed by atoms with Gasteiger partial charge in [-0.3, -0.25) is 9.59 Å². The maximum absolute atomic E-state index is 11.5. The molecule has 5 nitrogen and oxygen atoms in total. The third-order valence-electron chi connectivity index (χ3n) is 2.21. The third kappa shape index (κ3) is 3.18. The van der Waals surface area contributed by atoms with Gasteiger partial charge in [-0.2, -0.15) is 5.10 Å². The summed E-state index contributed by atoms with van der Waals surface area (Å²) in [6.07, 6.45) is 0.125. The zero-order chi connectivity index (χ0) is 12.3. The van der Waals surface area contributed by atoms with Crippen LogP contribution >= 0.6 is 0 Å². The molecule has 0 aliphatic carbocycles. The van der Waals surface area contributed by atoms with E-state index in [0.717, 1.165) is 5.69 Å². The first-order valence-electron chi connectivity index (χ1n) is 5.17. The predicted molar refractivity (Wildman–Crippen MR) is 61.0 cm³/mol. The summed E-state index contributed by atoms with van der Waals surface area (Å²) in [7, 11) is 0. The number of hydrogen-bond acceptors (Lipinski definition) is 3. The number of aromatic nitrogens is 2. The number of carbonyl (C=O) groups is 1. The fourth-order valence-corrected chi connectivity index (χ4v) is 1.23. The fraction of sp³-hybridized carbons (Fsp3) is 0.545. The molecule has 1 aromatic rings. The smallest absolute Gasteiger partial charge is 0.266 e. The van der Waals surface area contributed by atoms with E-state index in [2.05, 4.69) is 5.10 Å². The Hall–Kier alpha value is -1.65. The molecule has 0 aromatic carbocycles. The van der Waals surface area contributed by atoms with Gasteiger partial charge in [0.2, 0.25) is 5.91 Å². The summed E-state index contributed by atoms with van der Waals surface area (Å²) in [4.78, 5) is 22.1. The lowest BCUT2D eigenvalue weighted by Gasteiger charge is -2.18. The van der Waals surface area contributed by atoms with Crippen LogP contribution in [0.2, 0.25) is 0 Å². The second kappa shape index (κ2) is 4.47. The molecule has 1 aromatic heterocycles. The van der Waals surface area contributed by atoms with E-state index in [0.29, 0.717) is 0 Å². The molecule has 16 heavy (non-hydrogen) atoms. The van der Waals surface area contributed by atoms with Crippen LogP contribution in [0, 0.1) is 0 Å². The van der Waals surface area contributed by atoms with E-state index in [1.165, 1.54) is 10.7 Å². The van der Waals surface area contributed by atoms with Gasteiger partial charge < -0.3 is 5.73 Å². The van der Waals surface area contributed by atoms with Crippen LogP contribution in [0.25, 0.3) is 0 Å². The molecular formula is C11H17N3O2. The summed E-state index contributed by atoms with van der Waals surface area (Å²) < 4.78 is 1.28. The number of amides is 1. The molecule has 0 unspecified atom stereocenters. The van der Waals surface area contributed by atoms with Gasteiger partial charge in [0.25, 0.3) is 5.56 Å². The van der Waals surface area contributed by atoms with E-state index in [9.17, 15) is 9.59 Å². The summed E-state index contributed by atoms with van der Waals surface area (Å²) in [6, 6.07) is 3.18. The summed E-state index contributed by atoms with van der Waals surface area (Å²) in [5.74, 6) is -0.435. The van der Waals surface area contributed by atoms with Crippen molar-refractivity contribution in [3.63, 3.8) is 0 Å². The first-order valence-corrected chi connectivity index (χ1v) is 5.17. The van der Waals surface area contributed by atoms with Gasteiger partial charge in [-0.25, -0.2) is 4.68 Å². The van der Waals surface area contributed by atoms with E-state index in [1.54, 1.807) is 6.07 Å². The van der Waals surface area contributed by atoms with Crippen LogP contribution in [-0.2, 0) is 16.8 Å². The van der Waals surface area contributed by atoms with Crippen molar-refractivity contribution < 1.29 is 4.79 Å². The van der Waals surface area contributed by atoms with Gasteiger partial charge in [0, 0.05) is 17.9 Å². The normalized spacial score (nSPS) is 11.4. The Labute approximate surface area is 94.3 Å². The molecule has 0 aliphatic rings. The minimum Gasteiger partial charge on any atom is -0.370 e. The largest absolute Gasteiger partial charge is 0.370 e. The van der Waals surface area contributed by atoms with Crippen molar-refractivity contribution in [1.82, 2.24) is 9.78 Å². The Morgan fingerprint density at radius 2 is 2.06 bits per heavy atom. The minimum atomic E-state index is -0.435. The van der Waals surface area contributed by atoms with Crippen LogP contribution in [0.3, 0.4) is 0 Å². The number of aryl methyl sites for hydroxylation is 1. The van der Waals surface area contributed by atoms with Crippen LogP contribution in [0.5, 0.6) is 0 Å². The number of carbonyl (C=O) groups excluding carboxylic acids is 1. The van der Waals surface area contributed by atoms with E-state index < -0.39 is 5.91 Å². The van der Waals surface area contributed by atoms with Gasteiger partial charge in [0.15, 0.2) is 0 Å². The molecule has 5 heteroatoms. The molecule has 0 radical (unpaired) electrons. The van der Waals surface area contributed by atoms with Crippen LogP contribution in [0.4, 0.5) is 0 Å². The second-order valence-corrected chi connectivity index (χ2v) is 4.75. The maximum Gasteiger partial charge on any atom is 0.266 e. The first-order chi connectivity index (χ1) is 7.30. The highest BCUT2D eigenvalue weighted by Gasteiger charge is 2.16. The van der Waals surface area contributed by atoms with Gasteiger partial charge in [-0.05, 0) is 6.07 Å². The Bertz CT molecular complexity index is 443. The summed E-state index contributed by atoms with van der Waals surface area (Å²) in [6.45, 7) is 6.27. The highest BCUT2D eigenvalue weighted by Crippen LogP contribution is 2.17. The van der Waals surface area contributed by atoms with E-state index in [1.807, 2.05) is 20.8 Å². The molecule has 1 heterocycles. The van der Waals surface area contributed by atoms with Crippen molar-refractivity contribution >= 4 is 5.91 Å². The molecule has 2 N–H and O–H groups in total. The van der Waals surface area contributed by atoms with E-state index in [4.69, 9.17) is 5.73 Å². The van der Waals surface area contributed by atoms with Crippen molar-refractivity contribution in [1.29, 1.82) is 0 Å². The third-order valence-corrected chi connectivity index (χ3v) is 2.21. The number of hydrogen-bond donors (Lipinski definition) is 1. The first kappa shape index (κ1) is 12.4. The number of primary amides is 1. The molecule has 0 atom stereocenters. The Morgan fingerprint density at radius 3 is 2.56 bits per heavy atom. The minimum absolute atomic E-state index is 0.123. The second-order valence-electron chi connectivity index (χ2n) is 4.75. The monoisotopic (exact) mass is 223 g/mol. The molecule has 0 saturated heterocycles. The van der Waals surface area contributed by atoms with E-state index >= 15 is 0 Å². The molecule has 0 fully saturated rings. The standard InChI is InChI=1S/C11H17N3O2/c1-11(2,3)8-4-5-10(16)14(13-8)7-6-9(12)15/h4-5H,6-7H2,1-3H3,(H2,12,15). The Balaban J connectivity index is 3.00. The van der Waals surface area contributed by atoms with Crippen LogP contribution < -0.4 is 11.3 Å². The summed E-state index contributed by atoms with van der Waals surface area (Å²) in [5, 5.41) is 4.21. The highest BCUT2D eigenvalue weighted by molar-refractivity contribution is 5.73. The van der Waals surface area contributed by atoms with Crippen molar-refractivity contribution in [3.05, 3.63) is 28.2 Å². The van der Waals surface area contributed by atoms with Gasteiger partial charge in [0.1, 0.15) is 0 Å². The molecule has 1 rings (SSSR count). The lowest BCUT2D eigenvalue weighted by atomic mass is 9.92. The van der Waals surface area contributed by atoms with E-state index in [-0.39, 0.29) is 23.9 Å². The quantitative estimate of drug-likeness (QED) is 0.806. The van der Waals surface area contributed by atoms with Crippen LogP contribution in [0.15, 0.2) is 16.9 Å². The van der Waals surface area contributed by atoms with Crippen molar-refractivity contribution in [2.24, 2.45) is 5.73 Å². The number of nitrogens with zero attached hydrogens (tertiary/aromatic N) is 2. The molecule has 88 valence electrons. The average Bonchev–Trinajstić information content (AvgIpc) is 2.14. The van der Waals surface area contributed by atoms with Crippen LogP contribution in [-0.4, -0.2) is 15.7 Å². The molecule has 0 spiro atoms. The maximum atomic E-state index is 11.5. The van der Waals surface area contributed by atoms with Crippen molar-refractivity contribution in [3.8, 4) is 0 Å². The predicted octanol–water partition coefficient (Wildman–Crippen LogP) is 0.416. The van der Waals surface area contributed by atoms with Crippen molar-refractivity contribution in [2.45, 2.75) is 39.2 Å². The van der Waals surface area contributed by atoms with Gasteiger partial charge in [-0.1, -0.05) is 20.8 Å².